The number of hydrogen-bond donors (Lipinski definition) is 2. The number of halogens is 1. The smallest absolute Gasteiger partial charge is 0.237 e. The van der Waals surface area contributed by atoms with Gasteiger partial charge in [-0.05, 0) is 62.8 Å². The number of likely N-dealkylation sites (tertiary alicyclic amines) is 1. The molecule has 7 heteroatoms. The lowest BCUT2D eigenvalue weighted by atomic mass is 9.97. The van der Waals surface area contributed by atoms with Gasteiger partial charge >= 0.3 is 0 Å². The van der Waals surface area contributed by atoms with Crippen molar-refractivity contribution >= 4 is 24.2 Å². The van der Waals surface area contributed by atoms with Gasteiger partial charge in [-0.3, -0.25) is 9.59 Å². The highest BCUT2D eigenvalue weighted by Crippen LogP contribution is 2.18. The lowest BCUT2D eigenvalue weighted by molar-refractivity contribution is -0.132. The summed E-state index contributed by atoms with van der Waals surface area (Å²) in [5, 5.41) is 6.29. The third kappa shape index (κ3) is 6.38. The van der Waals surface area contributed by atoms with Crippen molar-refractivity contribution in [1.29, 1.82) is 0 Å². The average molecular weight is 410 g/mol. The van der Waals surface area contributed by atoms with E-state index in [4.69, 9.17) is 4.74 Å². The predicted octanol–water partition coefficient (Wildman–Crippen LogP) is 2.16. The molecule has 3 rings (SSSR count). The van der Waals surface area contributed by atoms with E-state index in [9.17, 15) is 9.59 Å². The van der Waals surface area contributed by atoms with Crippen molar-refractivity contribution in [3.8, 4) is 5.75 Å². The minimum Gasteiger partial charge on any atom is -0.494 e. The first-order valence-corrected chi connectivity index (χ1v) is 10.2. The molecule has 2 unspecified atom stereocenters. The normalized spacial score (nSPS) is 21.7. The summed E-state index contributed by atoms with van der Waals surface area (Å²) in [7, 11) is 0. The molecular weight excluding hydrogens is 378 g/mol. The van der Waals surface area contributed by atoms with E-state index in [0.717, 1.165) is 56.6 Å². The molecule has 0 aliphatic carbocycles. The molecule has 0 spiro atoms. The van der Waals surface area contributed by atoms with E-state index >= 15 is 0 Å². The highest BCUT2D eigenvalue weighted by molar-refractivity contribution is 5.85. The van der Waals surface area contributed by atoms with E-state index in [1.54, 1.807) is 0 Å². The monoisotopic (exact) mass is 409 g/mol. The van der Waals surface area contributed by atoms with E-state index in [-0.39, 0.29) is 30.3 Å². The standard InChI is InChI=1S/C21H31N3O3.ClH/c1-2-27-18-9-7-16(8-10-18)13-20(25)24-12-4-5-17(15-24)14-23-21(26)19-6-3-11-22-19;/h7-10,17,19,22H,2-6,11-15H2,1H3,(H,23,26);1H. The number of rotatable bonds is 7. The summed E-state index contributed by atoms with van der Waals surface area (Å²) in [4.78, 5) is 26.8. The highest BCUT2D eigenvalue weighted by atomic mass is 35.5. The average Bonchev–Trinajstić information content (AvgIpc) is 3.23. The van der Waals surface area contributed by atoms with Crippen molar-refractivity contribution in [3.05, 3.63) is 29.8 Å². The summed E-state index contributed by atoms with van der Waals surface area (Å²) in [5.74, 6) is 1.44. The number of carbonyl (C=O) groups is 2. The fourth-order valence-corrected chi connectivity index (χ4v) is 3.89. The van der Waals surface area contributed by atoms with Crippen LogP contribution >= 0.6 is 12.4 Å². The van der Waals surface area contributed by atoms with Crippen LogP contribution in [0, 0.1) is 5.92 Å². The first kappa shape index (κ1) is 22.5. The van der Waals surface area contributed by atoms with E-state index in [2.05, 4.69) is 10.6 Å². The van der Waals surface area contributed by atoms with Gasteiger partial charge < -0.3 is 20.3 Å². The fourth-order valence-electron chi connectivity index (χ4n) is 3.89. The van der Waals surface area contributed by atoms with Gasteiger partial charge in [0.2, 0.25) is 11.8 Å². The second-order valence-corrected chi connectivity index (χ2v) is 7.50. The molecule has 156 valence electrons. The van der Waals surface area contributed by atoms with Crippen LogP contribution in [-0.2, 0) is 16.0 Å². The molecule has 2 heterocycles. The van der Waals surface area contributed by atoms with Crippen LogP contribution in [0.5, 0.6) is 5.75 Å². The highest BCUT2D eigenvalue weighted by Gasteiger charge is 2.26. The summed E-state index contributed by atoms with van der Waals surface area (Å²) in [5.41, 5.74) is 1.01. The summed E-state index contributed by atoms with van der Waals surface area (Å²) < 4.78 is 5.44. The van der Waals surface area contributed by atoms with Crippen LogP contribution in [0.4, 0.5) is 0 Å². The van der Waals surface area contributed by atoms with E-state index in [1.165, 1.54) is 0 Å². The molecule has 2 N–H and O–H groups in total. The molecule has 2 aliphatic heterocycles. The number of hydrogen-bond acceptors (Lipinski definition) is 4. The number of ether oxygens (including phenoxy) is 1. The van der Waals surface area contributed by atoms with E-state index in [0.29, 0.717) is 25.5 Å². The second-order valence-electron chi connectivity index (χ2n) is 7.50. The van der Waals surface area contributed by atoms with Crippen LogP contribution in [-0.4, -0.2) is 55.5 Å². The summed E-state index contributed by atoms with van der Waals surface area (Å²) >= 11 is 0. The van der Waals surface area contributed by atoms with Crippen LogP contribution < -0.4 is 15.4 Å². The number of nitrogens with zero attached hydrogens (tertiary/aromatic N) is 1. The Hall–Kier alpha value is -1.79. The first-order chi connectivity index (χ1) is 13.2. The molecular formula is C21H32ClN3O3. The molecule has 2 fully saturated rings. The van der Waals surface area contributed by atoms with Crippen LogP contribution in [0.1, 0.15) is 38.2 Å². The van der Waals surface area contributed by atoms with Gasteiger partial charge in [0, 0.05) is 19.6 Å². The lowest BCUT2D eigenvalue weighted by Gasteiger charge is -2.33. The molecule has 2 aliphatic rings. The third-order valence-corrected chi connectivity index (χ3v) is 5.40. The Bertz CT molecular complexity index is 632. The fraction of sp³-hybridized carbons (Fsp3) is 0.619. The molecule has 1 aromatic rings. The van der Waals surface area contributed by atoms with E-state index in [1.807, 2.05) is 36.1 Å². The zero-order chi connectivity index (χ0) is 19.1. The molecule has 6 nitrogen and oxygen atoms in total. The molecule has 2 amide bonds. The lowest BCUT2D eigenvalue weighted by Crippen LogP contribution is -2.47. The summed E-state index contributed by atoms with van der Waals surface area (Å²) in [6, 6.07) is 7.71. The maximum Gasteiger partial charge on any atom is 0.237 e. The SMILES string of the molecule is CCOc1ccc(CC(=O)N2CCCC(CNC(=O)C3CCCN3)C2)cc1.Cl. The molecule has 1 aromatic carbocycles. The Morgan fingerprint density at radius 1 is 1.21 bits per heavy atom. The maximum absolute atomic E-state index is 12.7. The molecule has 0 aromatic heterocycles. The Morgan fingerprint density at radius 2 is 2.00 bits per heavy atom. The Balaban J connectivity index is 0.00000280. The molecule has 28 heavy (non-hydrogen) atoms. The molecule has 0 bridgehead atoms. The van der Waals surface area contributed by atoms with Crippen molar-refractivity contribution < 1.29 is 14.3 Å². The van der Waals surface area contributed by atoms with Crippen LogP contribution in [0.2, 0.25) is 0 Å². The molecule has 0 saturated carbocycles. The zero-order valence-electron chi connectivity index (χ0n) is 16.6. The van der Waals surface area contributed by atoms with Crippen molar-refractivity contribution in [2.45, 2.75) is 45.1 Å². The zero-order valence-corrected chi connectivity index (χ0v) is 17.4. The Morgan fingerprint density at radius 3 is 2.68 bits per heavy atom. The van der Waals surface area contributed by atoms with Gasteiger partial charge in [-0.15, -0.1) is 12.4 Å². The van der Waals surface area contributed by atoms with Crippen molar-refractivity contribution in [2.75, 3.05) is 32.8 Å². The van der Waals surface area contributed by atoms with Gasteiger partial charge in [0.25, 0.3) is 0 Å². The molecule has 2 atom stereocenters. The van der Waals surface area contributed by atoms with Gasteiger partial charge in [0.1, 0.15) is 5.75 Å². The van der Waals surface area contributed by atoms with Crippen molar-refractivity contribution in [1.82, 2.24) is 15.5 Å². The minimum absolute atomic E-state index is 0. The second kappa shape index (κ2) is 11.3. The quantitative estimate of drug-likeness (QED) is 0.724. The molecule has 0 radical (unpaired) electrons. The van der Waals surface area contributed by atoms with Gasteiger partial charge in [-0.25, -0.2) is 0 Å². The Labute approximate surface area is 173 Å². The maximum atomic E-state index is 12.7. The van der Waals surface area contributed by atoms with Crippen LogP contribution in [0.15, 0.2) is 24.3 Å². The number of piperidine rings is 1. The largest absolute Gasteiger partial charge is 0.494 e. The topological polar surface area (TPSA) is 70.7 Å². The van der Waals surface area contributed by atoms with Gasteiger partial charge in [-0.2, -0.15) is 0 Å². The summed E-state index contributed by atoms with van der Waals surface area (Å²) in [6.07, 6.45) is 4.46. The Kier molecular flexibility index (Phi) is 9.06. The van der Waals surface area contributed by atoms with Crippen LogP contribution in [0.3, 0.4) is 0 Å². The number of benzene rings is 1. The van der Waals surface area contributed by atoms with E-state index < -0.39 is 0 Å². The van der Waals surface area contributed by atoms with Gasteiger partial charge in [0.15, 0.2) is 0 Å². The van der Waals surface area contributed by atoms with Gasteiger partial charge in [-0.1, -0.05) is 12.1 Å². The third-order valence-electron chi connectivity index (χ3n) is 5.40. The minimum atomic E-state index is -0.0361. The first-order valence-electron chi connectivity index (χ1n) is 10.2. The summed E-state index contributed by atoms with van der Waals surface area (Å²) in [6.45, 7) is 5.72. The molecule has 2 saturated heterocycles. The van der Waals surface area contributed by atoms with Crippen LogP contribution in [0.25, 0.3) is 0 Å². The predicted molar refractivity (Wildman–Crippen MR) is 112 cm³/mol. The van der Waals surface area contributed by atoms with Gasteiger partial charge in [0.05, 0.1) is 19.1 Å². The number of amides is 2. The van der Waals surface area contributed by atoms with Crippen molar-refractivity contribution in [2.24, 2.45) is 5.92 Å². The number of nitrogens with one attached hydrogen (secondary N) is 2. The number of carbonyl (C=O) groups excluding carboxylic acids is 2. The van der Waals surface area contributed by atoms with Crippen molar-refractivity contribution in [3.63, 3.8) is 0 Å².